The molecule has 0 radical (unpaired) electrons. The Balaban J connectivity index is 1.80. The van der Waals surface area contributed by atoms with Crippen LogP contribution < -0.4 is 10.8 Å². The van der Waals surface area contributed by atoms with E-state index in [1.165, 1.54) is 6.20 Å². The third kappa shape index (κ3) is 3.54. The molecule has 0 aliphatic heterocycles. The summed E-state index contributed by atoms with van der Waals surface area (Å²) in [7, 11) is 0. The predicted molar refractivity (Wildman–Crippen MR) is 93.2 cm³/mol. The fourth-order valence-corrected chi connectivity index (χ4v) is 2.35. The van der Waals surface area contributed by atoms with Crippen LogP contribution in [0.4, 0.5) is 5.69 Å². The molecular weight excluding hydrogens is 318 g/mol. The Kier molecular flexibility index (Phi) is 4.54. The zero-order valence-electron chi connectivity index (χ0n) is 13.2. The number of primary amides is 1. The first-order valence-corrected chi connectivity index (χ1v) is 7.50. The summed E-state index contributed by atoms with van der Waals surface area (Å²) in [6.07, 6.45) is 2.95. The number of hydrogen-bond donors (Lipinski definition) is 2. The highest BCUT2D eigenvalue weighted by Gasteiger charge is 2.15. The third-order valence-electron chi connectivity index (χ3n) is 3.72. The van der Waals surface area contributed by atoms with Gasteiger partial charge in [0.05, 0.1) is 11.9 Å². The van der Waals surface area contributed by atoms with Crippen LogP contribution in [0.15, 0.2) is 73.1 Å². The third-order valence-corrected chi connectivity index (χ3v) is 3.72. The van der Waals surface area contributed by atoms with Crippen LogP contribution in [-0.4, -0.2) is 22.0 Å². The molecule has 0 saturated heterocycles. The number of hydroxylamine groups is 1. The van der Waals surface area contributed by atoms with Crippen molar-refractivity contribution >= 4 is 17.5 Å². The number of pyridine rings is 1. The Hall–Kier alpha value is -3.51. The summed E-state index contributed by atoms with van der Waals surface area (Å²) in [5.41, 5.74) is 8.04. The normalized spacial score (nSPS) is 10.3. The van der Waals surface area contributed by atoms with Crippen LogP contribution in [0.2, 0.25) is 0 Å². The molecule has 0 aliphatic rings. The molecule has 25 heavy (non-hydrogen) atoms. The van der Waals surface area contributed by atoms with E-state index in [0.717, 1.165) is 11.1 Å². The highest BCUT2D eigenvalue weighted by Crippen LogP contribution is 2.21. The topological polar surface area (TPSA) is 96.5 Å². The highest BCUT2D eigenvalue weighted by molar-refractivity contribution is 6.04. The minimum absolute atomic E-state index is 0.290. The second-order valence-corrected chi connectivity index (χ2v) is 5.35. The van der Waals surface area contributed by atoms with E-state index in [1.807, 2.05) is 0 Å². The summed E-state index contributed by atoms with van der Waals surface area (Å²) in [5.74, 6) is -1.03. The van der Waals surface area contributed by atoms with E-state index in [0.29, 0.717) is 21.9 Å². The molecule has 3 N–H and O–H groups in total. The summed E-state index contributed by atoms with van der Waals surface area (Å²) < 4.78 is 0. The molecule has 1 heterocycles. The predicted octanol–water partition coefficient (Wildman–Crippen LogP) is 2.88. The number of carbonyl (C=O) groups is 2. The van der Waals surface area contributed by atoms with E-state index in [4.69, 9.17) is 5.73 Å². The first-order valence-electron chi connectivity index (χ1n) is 7.50. The number of amides is 2. The van der Waals surface area contributed by atoms with Gasteiger partial charge in [-0.3, -0.25) is 19.8 Å². The van der Waals surface area contributed by atoms with E-state index in [1.54, 1.807) is 66.9 Å². The number of nitrogens with two attached hydrogens (primary N) is 1. The molecule has 1 aromatic heterocycles. The average molecular weight is 333 g/mol. The van der Waals surface area contributed by atoms with Crippen LogP contribution in [0.25, 0.3) is 11.1 Å². The molecule has 0 spiro atoms. The molecule has 0 atom stereocenters. The Morgan fingerprint density at radius 3 is 1.92 bits per heavy atom. The lowest BCUT2D eigenvalue weighted by molar-refractivity contribution is 0.0854. The van der Waals surface area contributed by atoms with Crippen molar-refractivity contribution in [2.45, 2.75) is 0 Å². The molecule has 0 saturated carbocycles. The molecule has 2 aromatic carbocycles. The van der Waals surface area contributed by atoms with Crippen LogP contribution in [-0.2, 0) is 0 Å². The Morgan fingerprint density at radius 1 is 0.880 bits per heavy atom. The zero-order valence-corrected chi connectivity index (χ0v) is 13.2. The summed E-state index contributed by atoms with van der Waals surface area (Å²) in [4.78, 5) is 27.3. The lowest BCUT2D eigenvalue weighted by Crippen LogP contribution is -2.26. The maximum absolute atomic E-state index is 12.3. The fraction of sp³-hybridized carbons (Fsp3) is 0. The number of carbonyl (C=O) groups excluding carboxylic acids is 2. The quantitative estimate of drug-likeness (QED) is 0.567. The van der Waals surface area contributed by atoms with Gasteiger partial charge in [0, 0.05) is 17.3 Å². The maximum Gasteiger partial charge on any atom is 0.282 e. The molecule has 0 unspecified atom stereocenters. The van der Waals surface area contributed by atoms with Gasteiger partial charge in [-0.05, 0) is 47.5 Å². The van der Waals surface area contributed by atoms with Gasteiger partial charge >= 0.3 is 0 Å². The van der Waals surface area contributed by atoms with Gasteiger partial charge in [-0.15, -0.1) is 0 Å². The second kappa shape index (κ2) is 6.94. The van der Waals surface area contributed by atoms with Gasteiger partial charge in [0.1, 0.15) is 0 Å². The van der Waals surface area contributed by atoms with Crippen LogP contribution in [0.1, 0.15) is 20.7 Å². The Bertz CT molecular complexity index is 891. The Morgan fingerprint density at radius 2 is 1.44 bits per heavy atom. The summed E-state index contributed by atoms with van der Waals surface area (Å²) in [6, 6.07) is 16.9. The van der Waals surface area contributed by atoms with Crippen molar-refractivity contribution in [3.8, 4) is 11.1 Å². The van der Waals surface area contributed by atoms with Crippen molar-refractivity contribution in [1.29, 1.82) is 0 Å². The molecule has 2 amide bonds. The summed E-state index contributed by atoms with van der Waals surface area (Å²) in [5, 5.41) is 10.6. The van der Waals surface area contributed by atoms with Crippen LogP contribution in [0.5, 0.6) is 0 Å². The minimum Gasteiger partial charge on any atom is -0.366 e. The number of benzene rings is 2. The van der Waals surface area contributed by atoms with Crippen molar-refractivity contribution in [2.75, 3.05) is 5.06 Å². The second-order valence-electron chi connectivity index (χ2n) is 5.35. The van der Waals surface area contributed by atoms with Gasteiger partial charge in [-0.1, -0.05) is 24.3 Å². The van der Waals surface area contributed by atoms with Gasteiger partial charge in [0.2, 0.25) is 5.91 Å². The van der Waals surface area contributed by atoms with Gasteiger partial charge in [-0.2, -0.15) is 5.06 Å². The lowest BCUT2D eigenvalue weighted by Gasteiger charge is -2.14. The number of hydrogen-bond acceptors (Lipinski definition) is 4. The number of aromatic nitrogens is 1. The number of nitrogens with zero attached hydrogens (tertiary/aromatic N) is 2. The molecule has 0 aliphatic carbocycles. The van der Waals surface area contributed by atoms with E-state index in [2.05, 4.69) is 4.98 Å². The van der Waals surface area contributed by atoms with E-state index < -0.39 is 11.8 Å². The van der Waals surface area contributed by atoms with E-state index in [-0.39, 0.29) is 0 Å². The zero-order chi connectivity index (χ0) is 17.8. The summed E-state index contributed by atoms with van der Waals surface area (Å²) in [6.45, 7) is 0. The number of rotatable bonds is 4. The van der Waals surface area contributed by atoms with Crippen LogP contribution in [0, 0.1) is 0 Å². The standard InChI is InChI=1S/C19H15N3O3/c20-18(23)15-7-3-13(4-8-15)14-5-9-16(10-6-14)19(24)22(25)17-2-1-11-21-12-17/h1-12,25H,(H2,20,23). The van der Waals surface area contributed by atoms with Crippen molar-refractivity contribution in [3.05, 3.63) is 84.2 Å². The van der Waals surface area contributed by atoms with Crippen molar-refractivity contribution in [1.82, 2.24) is 4.98 Å². The van der Waals surface area contributed by atoms with E-state index in [9.17, 15) is 14.8 Å². The monoisotopic (exact) mass is 333 g/mol. The first kappa shape index (κ1) is 16.4. The van der Waals surface area contributed by atoms with Crippen molar-refractivity contribution in [2.24, 2.45) is 5.73 Å². The first-order chi connectivity index (χ1) is 12.1. The van der Waals surface area contributed by atoms with E-state index >= 15 is 0 Å². The maximum atomic E-state index is 12.3. The summed E-state index contributed by atoms with van der Waals surface area (Å²) >= 11 is 0. The average Bonchev–Trinajstić information content (AvgIpc) is 2.67. The van der Waals surface area contributed by atoms with Gasteiger partial charge in [0.25, 0.3) is 5.91 Å². The fourth-order valence-electron chi connectivity index (χ4n) is 2.35. The van der Waals surface area contributed by atoms with Crippen molar-refractivity contribution in [3.63, 3.8) is 0 Å². The van der Waals surface area contributed by atoms with Crippen molar-refractivity contribution < 1.29 is 14.8 Å². The smallest absolute Gasteiger partial charge is 0.282 e. The minimum atomic E-state index is -0.552. The molecule has 3 rings (SSSR count). The Labute approximate surface area is 144 Å². The molecule has 6 nitrogen and oxygen atoms in total. The molecule has 0 bridgehead atoms. The van der Waals surface area contributed by atoms with Crippen LogP contribution in [0.3, 0.4) is 0 Å². The molecule has 6 heteroatoms. The highest BCUT2D eigenvalue weighted by atomic mass is 16.5. The van der Waals surface area contributed by atoms with Crippen LogP contribution >= 0.6 is 0 Å². The largest absolute Gasteiger partial charge is 0.366 e. The number of anilines is 1. The SMILES string of the molecule is NC(=O)c1ccc(-c2ccc(C(=O)N(O)c3cccnc3)cc2)cc1. The molecule has 0 fully saturated rings. The van der Waals surface area contributed by atoms with Gasteiger partial charge < -0.3 is 5.73 Å². The molecule has 3 aromatic rings. The van der Waals surface area contributed by atoms with Gasteiger partial charge in [-0.25, -0.2) is 0 Å². The molecule has 124 valence electrons. The lowest BCUT2D eigenvalue weighted by atomic mass is 10.0. The van der Waals surface area contributed by atoms with Gasteiger partial charge in [0.15, 0.2) is 0 Å². The molecular formula is C19H15N3O3.